The van der Waals surface area contributed by atoms with E-state index < -0.39 is 0 Å². The minimum Gasteiger partial charge on any atom is -0.308 e. The van der Waals surface area contributed by atoms with E-state index in [1.165, 1.54) is 0 Å². The third-order valence-electron chi connectivity index (χ3n) is 0.859. The zero-order chi connectivity index (χ0) is 6.57. The second-order valence-corrected chi connectivity index (χ2v) is 2.29. The van der Waals surface area contributed by atoms with Crippen molar-refractivity contribution >= 4 is 0 Å². The molecule has 0 aromatic carbocycles. The Balaban J connectivity index is 3.28. The van der Waals surface area contributed by atoms with Crippen LogP contribution >= 0.6 is 0 Å². The predicted octanol–water partition coefficient (Wildman–Crippen LogP) is 0.708. The lowest BCUT2D eigenvalue weighted by atomic mass is 10.2. The summed E-state index contributed by atoms with van der Waals surface area (Å²) >= 11 is 0. The molecule has 2 nitrogen and oxygen atoms in total. The summed E-state index contributed by atoms with van der Waals surface area (Å²) in [5, 5.41) is 8.31. The largest absolute Gasteiger partial charge is 0.308 e. The summed E-state index contributed by atoms with van der Waals surface area (Å²) in [6, 6.07) is 2.15. The Morgan fingerprint density at radius 2 is 2.12 bits per heavy atom. The van der Waals surface area contributed by atoms with E-state index in [4.69, 9.17) is 5.26 Å². The number of hydrogen-bond donors (Lipinski definition) is 0. The van der Waals surface area contributed by atoms with Crippen LogP contribution in [-0.4, -0.2) is 25.5 Å². The molecule has 8 heavy (non-hydrogen) atoms. The van der Waals surface area contributed by atoms with E-state index >= 15 is 0 Å². The average Bonchev–Trinajstić information content (AvgIpc) is 1.65. The van der Waals surface area contributed by atoms with Gasteiger partial charge in [-0.3, -0.25) is 0 Å². The van der Waals surface area contributed by atoms with Gasteiger partial charge in [-0.1, -0.05) is 0 Å². The van der Waals surface area contributed by atoms with Gasteiger partial charge in [0.1, 0.15) is 0 Å². The van der Waals surface area contributed by atoms with Crippen molar-refractivity contribution in [3.8, 4) is 6.07 Å². The molecule has 0 saturated heterocycles. The highest BCUT2D eigenvalue weighted by atomic mass is 15.0. The van der Waals surface area contributed by atoms with Crippen LogP contribution in [-0.2, 0) is 0 Å². The maximum absolute atomic E-state index is 8.31. The molecule has 0 radical (unpaired) electrons. The fourth-order valence-corrected chi connectivity index (χ4v) is 0.589. The summed E-state index contributed by atoms with van der Waals surface area (Å²) in [4.78, 5) is 2.01. The lowest BCUT2D eigenvalue weighted by Gasteiger charge is -2.09. The van der Waals surface area contributed by atoms with E-state index in [9.17, 15) is 0 Å². The fourth-order valence-electron chi connectivity index (χ4n) is 0.589. The van der Waals surface area contributed by atoms with Crippen molar-refractivity contribution in [2.24, 2.45) is 5.92 Å². The topological polar surface area (TPSA) is 27.0 Å². The highest BCUT2D eigenvalue weighted by Crippen LogP contribution is 1.91. The molecule has 1 unspecified atom stereocenters. The van der Waals surface area contributed by atoms with E-state index in [0.29, 0.717) is 0 Å². The van der Waals surface area contributed by atoms with Crippen molar-refractivity contribution in [2.75, 3.05) is 20.6 Å². The molecule has 0 aliphatic carbocycles. The van der Waals surface area contributed by atoms with Gasteiger partial charge in [0.05, 0.1) is 12.0 Å². The van der Waals surface area contributed by atoms with Crippen LogP contribution in [0, 0.1) is 17.2 Å². The summed E-state index contributed by atoms with van der Waals surface area (Å²) in [5.74, 6) is 0.157. The Kier molecular flexibility index (Phi) is 3.21. The van der Waals surface area contributed by atoms with Crippen molar-refractivity contribution in [2.45, 2.75) is 6.92 Å². The lowest BCUT2D eigenvalue weighted by molar-refractivity contribution is 0.375. The van der Waals surface area contributed by atoms with E-state index in [2.05, 4.69) is 6.07 Å². The van der Waals surface area contributed by atoms with Gasteiger partial charge in [-0.15, -0.1) is 0 Å². The molecule has 2 heteroatoms. The summed E-state index contributed by atoms with van der Waals surface area (Å²) in [6.07, 6.45) is 0. The van der Waals surface area contributed by atoms with Crippen molar-refractivity contribution in [1.29, 1.82) is 5.26 Å². The Labute approximate surface area is 50.7 Å². The Morgan fingerprint density at radius 3 is 2.25 bits per heavy atom. The normalized spacial score (nSPS) is 13.4. The van der Waals surface area contributed by atoms with E-state index in [0.717, 1.165) is 6.54 Å². The van der Waals surface area contributed by atoms with Crippen LogP contribution in [0.1, 0.15) is 6.92 Å². The number of rotatable bonds is 2. The predicted molar refractivity (Wildman–Crippen MR) is 33.3 cm³/mol. The Bertz CT molecular complexity index is 91.2. The lowest BCUT2D eigenvalue weighted by Crippen LogP contribution is -2.18. The molecular weight excluding hydrogens is 100 g/mol. The molecule has 0 heterocycles. The van der Waals surface area contributed by atoms with E-state index in [1.54, 1.807) is 0 Å². The fraction of sp³-hybridized carbons (Fsp3) is 0.833. The van der Waals surface area contributed by atoms with E-state index in [1.807, 2.05) is 25.9 Å². The Morgan fingerprint density at radius 1 is 1.62 bits per heavy atom. The third-order valence-corrected chi connectivity index (χ3v) is 0.859. The molecular formula is C6H12N2. The monoisotopic (exact) mass is 112 g/mol. The van der Waals surface area contributed by atoms with E-state index in [-0.39, 0.29) is 5.92 Å². The highest BCUT2D eigenvalue weighted by Gasteiger charge is 1.98. The smallest absolute Gasteiger partial charge is 0.0666 e. The van der Waals surface area contributed by atoms with Crippen LogP contribution < -0.4 is 0 Å². The van der Waals surface area contributed by atoms with Gasteiger partial charge in [0.2, 0.25) is 0 Å². The number of nitrogens with zero attached hydrogens (tertiary/aromatic N) is 2. The quantitative estimate of drug-likeness (QED) is 0.526. The first kappa shape index (κ1) is 7.45. The van der Waals surface area contributed by atoms with Gasteiger partial charge in [-0.05, 0) is 21.0 Å². The van der Waals surface area contributed by atoms with Gasteiger partial charge in [-0.2, -0.15) is 5.26 Å². The zero-order valence-corrected chi connectivity index (χ0v) is 5.68. The van der Waals surface area contributed by atoms with Gasteiger partial charge in [-0.25, -0.2) is 0 Å². The van der Waals surface area contributed by atoms with Crippen LogP contribution in [0.25, 0.3) is 0 Å². The van der Waals surface area contributed by atoms with Crippen LogP contribution in [0.4, 0.5) is 0 Å². The van der Waals surface area contributed by atoms with Crippen LogP contribution in [0.15, 0.2) is 0 Å². The van der Waals surface area contributed by atoms with Crippen molar-refractivity contribution in [3.05, 3.63) is 0 Å². The van der Waals surface area contributed by atoms with Gasteiger partial charge >= 0.3 is 0 Å². The third kappa shape index (κ3) is 3.63. The number of hydrogen-bond acceptors (Lipinski definition) is 2. The second-order valence-electron chi connectivity index (χ2n) is 2.29. The Hall–Kier alpha value is -0.550. The maximum Gasteiger partial charge on any atom is 0.0666 e. The van der Waals surface area contributed by atoms with Gasteiger partial charge in [0.15, 0.2) is 0 Å². The van der Waals surface area contributed by atoms with Gasteiger partial charge in [0.25, 0.3) is 0 Å². The molecule has 0 aliphatic heterocycles. The summed E-state index contributed by atoms with van der Waals surface area (Å²) in [5.41, 5.74) is 0. The SMILES string of the molecule is CC(C#N)CN(C)C. The molecule has 0 N–H and O–H groups in total. The van der Waals surface area contributed by atoms with Crippen molar-refractivity contribution in [1.82, 2.24) is 4.90 Å². The van der Waals surface area contributed by atoms with Crippen molar-refractivity contribution in [3.63, 3.8) is 0 Å². The maximum atomic E-state index is 8.31. The van der Waals surface area contributed by atoms with Crippen LogP contribution in [0.2, 0.25) is 0 Å². The highest BCUT2D eigenvalue weighted by molar-refractivity contribution is 4.79. The molecule has 0 aromatic heterocycles. The molecule has 0 aromatic rings. The molecule has 0 fully saturated rings. The summed E-state index contributed by atoms with van der Waals surface area (Å²) < 4.78 is 0. The molecule has 0 spiro atoms. The van der Waals surface area contributed by atoms with Crippen LogP contribution in [0.5, 0.6) is 0 Å². The standard InChI is InChI=1S/C6H12N2/c1-6(4-7)5-8(2)3/h6H,5H2,1-3H3. The van der Waals surface area contributed by atoms with Crippen molar-refractivity contribution < 1.29 is 0 Å². The van der Waals surface area contributed by atoms with Gasteiger partial charge in [0, 0.05) is 6.54 Å². The molecule has 1 atom stereocenters. The molecule has 0 rings (SSSR count). The first-order chi connectivity index (χ1) is 3.66. The number of nitriles is 1. The second kappa shape index (κ2) is 3.45. The summed E-state index contributed by atoms with van der Waals surface area (Å²) in [7, 11) is 3.93. The molecule has 0 amide bonds. The minimum absolute atomic E-state index is 0.157. The molecule has 0 saturated carbocycles. The molecule has 46 valence electrons. The minimum atomic E-state index is 0.157. The van der Waals surface area contributed by atoms with Gasteiger partial charge < -0.3 is 4.90 Å². The average molecular weight is 112 g/mol. The van der Waals surface area contributed by atoms with Crippen LogP contribution in [0.3, 0.4) is 0 Å². The first-order valence-electron chi connectivity index (χ1n) is 2.71. The summed E-state index contributed by atoms with van der Waals surface area (Å²) in [6.45, 7) is 2.77. The zero-order valence-electron chi connectivity index (χ0n) is 5.68. The molecule has 0 aliphatic rings. The molecule has 0 bridgehead atoms. The first-order valence-corrected chi connectivity index (χ1v) is 2.71.